The van der Waals surface area contributed by atoms with Crippen LogP contribution in [0.15, 0.2) is 18.2 Å². The minimum absolute atomic E-state index is 0.434. The molecule has 3 heteroatoms. The summed E-state index contributed by atoms with van der Waals surface area (Å²) in [5, 5.41) is 3.53. The lowest BCUT2D eigenvalue weighted by molar-refractivity contribution is 0.418. The Bertz CT molecular complexity index is 424. The van der Waals surface area contributed by atoms with Gasteiger partial charge < -0.3 is 10.2 Å². The second-order valence-electron chi connectivity index (χ2n) is 6.48. The fraction of sp³-hybridized carbons (Fsp3) is 0.667. The van der Waals surface area contributed by atoms with E-state index in [9.17, 15) is 0 Å². The van der Waals surface area contributed by atoms with E-state index in [2.05, 4.69) is 42.3 Å². The topological polar surface area (TPSA) is 28.2 Å². The second kappa shape index (κ2) is 4.54. The predicted molar refractivity (Wildman–Crippen MR) is 74.7 cm³/mol. The molecule has 1 N–H and O–H groups in total. The van der Waals surface area contributed by atoms with Crippen molar-refractivity contribution in [2.45, 2.75) is 45.7 Å². The Kier molecular flexibility index (Phi) is 3.02. The van der Waals surface area contributed by atoms with E-state index in [4.69, 9.17) is 4.98 Å². The minimum Gasteiger partial charge on any atom is -0.356 e. The average Bonchev–Trinajstić information content (AvgIpc) is 3.10. The van der Waals surface area contributed by atoms with E-state index in [0.29, 0.717) is 5.41 Å². The number of anilines is 1. The molecule has 1 aromatic heterocycles. The maximum absolute atomic E-state index is 4.78. The fourth-order valence-corrected chi connectivity index (χ4v) is 2.59. The minimum atomic E-state index is 0.434. The first kappa shape index (κ1) is 12.0. The Morgan fingerprint density at radius 1 is 1.39 bits per heavy atom. The van der Waals surface area contributed by atoms with Crippen LogP contribution in [0.3, 0.4) is 0 Å². The van der Waals surface area contributed by atoms with Crippen LogP contribution in [0.1, 0.15) is 38.8 Å². The van der Waals surface area contributed by atoms with Crippen LogP contribution in [0.5, 0.6) is 0 Å². The van der Waals surface area contributed by atoms with Crippen LogP contribution in [0, 0.1) is 5.41 Å². The van der Waals surface area contributed by atoms with Crippen molar-refractivity contribution in [2.75, 3.05) is 18.0 Å². The maximum Gasteiger partial charge on any atom is 0.128 e. The van der Waals surface area contributed by atoms with Gasteiger partial charge in [0.05, 0.1) is 5.69 Å². The van der Waals surface area contributed by atoms with Crippen LogP contribution in [-0.2, 0) is 6.54 Å². The molecule has 2 fully saturated rings. The summed E-state index contributed by atoms with van der Waals surface area (Å²) in [6.07, 6.45) is 3.93. The zero-order valence-electron chi connectivity index (χ0n) is 11.4. The summed E-state index contributed by atoms with van der Waals surface area (Å²) in [5.74, 6) is 1.15. The van der Waals surface area contributed by atoms with Gasteiger partial charge in [0.25, 0.3) is 0 Å². The van der Waals surface area contributed by atoms with Gasteiger partial charge in [-0.15, -0.1) is 0 Å². The first-order valence-electron chi connectivity index (χ1n) is 7.07. The zero-order valence-corrected chi connectivity index (χ0v) is 11.4. The summed E-state index contributed by atoms with van der Waals surface area (Å²) >= 11 is 0. The quantitative estimate of drug-likeness (QED) is 0.883. The Balaban J connectivity index is 1.66. The molecule has 1 saturated heterocycles. The lowest BCUT2D eigenvalue weighted by Crippen LogP contribution is -2.24. The van der Waals surface area contributed by atoms with Crippen molar-refractivity contribution < 1.29 is 0 Å². The van der Waals surface area contributed by atoms with Crippen molar-refractivity contribution in [3.05, 3.63) is 23.9 Å². The van der Waals surface area contributed by atoms with E-state index >= 15 is 0 Å². The van der Waals surface area contributed by atoms with E-state index in [1.807, 2.05) is 0 Å². The highest BCUT2D eigenvalue weighted by atomic mass is 15.2. The van der Waals surface area contributed by atoms with Gasteiger partial charge in [0, 0.05) is 25.7 Å². The summed E-state index contributed by atoms with van der Waals surface area (Å²) in [4.78, 5) is 7.20. The number of nitrogens with one attached hydrogen (secondary N) is 1. The van der Waals surface area contributed by atoms with Crippen LogP contribution in [0.4, 0.5) is 5.82 Å². The number of nitrogens with zero attached hydrogens (tertiary/aromatic N) is 2. The van der Waals surface area contributed by atoms with E-state index in [1.165, 1.54) is 25.0 Å². The van der Waals surface area contributed by atoms with Gasteiger partial charge >= 0.3 is 0 Å². The van der Waals surface area contributed by atoms with Gasteiger partial charge in [-0.05, 0) is 36.8 Å². The SMILES string of the molecule is CC1(C)CCN(c2cccc(CNC3CC3)n2)C1. The number of hydrogen-bond acceptors (Lipinski definition) is 3. The maximum atomic E-state index is 4.78. The lowest BCUT2D eigenvalue weighted by atomic mass is 9.93. The van der Waals surface area contributed by atoms with Crippen molar-refractivity contribution in [1.29, 1.82) is 0 Å². The van der Waals surface area contributed by atoms with Gasteiger partial charge in [0.2, 0.25) is 0 Å². The summed E-state index contributed by atoms with van der Waals surface area (Å²) in [6.45, 7) is 7.85. The number of pyridine rings is 1. The Labute approximate surface area is 110 Å². The molecule has 0 bridgehead atoms. The van der Waals surface area contributed by atoms with Crippen molar-refractivity contribution in [3.8, 4) is 0 Å². The monoisotopic (exact) mass is 245 g/mol. The predicted octanol–water partition coefficient (Wildman–Crippen LogP) is 2.57. The smallest absolute Gasteiger partial charge is 0.128 e. The summed E-state index contributed by atoms with van der Waals surface area (Å²) in [5.41, 5.74) is 1.60. The number of hydrogen-bond donors (Lipinski definition) is 1. The lowest BCUT2D eigenvalue weighted by Gasteiger charge is -2.21. The molecule has 3 rings (SSSR count). The average molecular weight is 245 g/mol. The molecule has 2 aliphatic rings. The molecule has 0 amide bonds. The van der Waals surface area contributed by atoms with Crippen LogP contribution in [0.2, 0.25) is 0 Å². The Morgan fingerprint density at radius 2 is 2.22 bits per heavy atom. The Hall–Kier alpha value is -1.09. The summed E-state index contributed by atoms with van der Waals surface area (Å²) in [7, 11) is 0. The van der Waals surface area contributed by atoms with E-state index in [0.717, 1.165) is 31.5 Å². The normalized spacial score (nSPS) is 22.4. The first-order chi connectivity index (χ1) is 8.62. The molecule has 1 aliphatic carbocycles. The zero-order chi connectivity index (χ0) is 12.6. The molecule has 0 aromatic carbocycles. The van der Waals surface area contributed by atoms with Crippen LogP contribution in [-0.4, -0.2) is 24.1 Å². The Morgan fingerprint density at radius 3 is 2.89 bits per heavy atom. The van der Waals surface area contributed by atoms with Gasteiger partial charge in [-0.2, -0.15) is 0 Å². The highest BCUT2D eigenvalue weighted by molar-refractivity contribution is 5.41. The third-order valence-electron chi connectivity index (χ3n) is 3.94. The standard InChI is InChI=1S/C15H23N3/c1-15(2)8-9-18(11-15)14-5-3-4-13(17-14)10-16-12-6-7-12/h3-5,12,16H,6-11H2,1-2H3. The molecule has 1 aromatic rings. The third kappa shape index (κ3) is 2.83. The van der Waals surface area contributed by atoms with Gasteiger partial charge in [0.15, 0.2) is 0 Å². The van der Waals surface area contributed by atoms with Gasteiger partial charge in [-0.1, -0.05) is 19.9 Å². The number of rotatable bonds is 4. The third-order valence-corrected chi connectivity index (χ3v) is 3.94. The van der Waals surface area contributed by atoms with Gasteiger partial charge in [0.1, 0.15) is 5.82 Å². The van der Waals surface area contributed by atoms with Crippen LogP contribution >= 0.6 is 0 Å². The largest absolute Gasteiger partial charge is 0.356 e. The second-order valence-corrected chi connectivity index (χ2v) is 6.48. The molecule has 18 heavy (non-hydrogen) atoms. The molecule has 1 aliphatic heterocycles. The fourth-order valence-electron chi connectivity index (χ4n) is 2.59. The summed E-state index contributed by atoms with van der Waals surface area (Å²) < 4.78 is 0. The molecule has 0 spiro atoms. The van der Waals surface area contributed by atoms with Crippen molar-refractivity contribution >= 4 is 5.82 Å². The molecular weight excluding hydrogens is 222 g/mol. The van der Waals surface area contributed by atoms with Crippen LogP contribution in [0.25, 0.3) is 0 Å². The highest BCUT2D eigenvalue weighted by Crippen LogP contribution is 2.31. The van der Waals surface area contributed by atoms with Gasteiger partial charge in [-0.3, -0.25) is 0 Å². The molecule has 1 saturated carbocycles. The first-order valence-corrected chi connectivity index (χ1v) is 7.07. The molecule has 0 atom stereocenters. The molecule has 2 heterocycles. The van der Waals surface area contributed by atoms with Crippen molar-refractivity contribution in [2.24, 2.45) is 5.41 Å². The molecule has 98 valence electrons. The highest BCUT2D eigenvalue weighted by Gasteiger charge is 2.29. The molecule has 0 unspecified atom stereocenters. The number of aromatic nitrogens is 1. The van der Waals surface area contributed by atoms with Gasteiger partial charge in [-0.25, -0.2) is 4.98 Å². The van der Waals surface area contributed by atoms with E-state index in [1.54, 1.807) is 0 Å². The van der Waals surface area contributed by atoms with E-state index < -0.39 is 0 Å². The van der Waals surface area contributed by atoms with E-state index in [-0.39, 0.29) is 0 Å². The van der Waals surface area contributed by atoms with Crippen molar-refractivity contribution in [3.63, 3.8) is 0 Å². The molecule has 0 radical (unpaired) electrons. The molecule has 3 nitrogen and oxygen atoms in total. The summed E-state index contributed by atoms with van der Waals surface area (Å²) in [6, 6.07) is 7.15. The molecular formula is C15H23N3. The van der Waals surface area contributed by atoms with Crippen LogP contribution < -0.4 is 10.2 Å². The van der Waals surface area contributed by atoms with Crippen molar-refractivity contribution in [1.82, 2.24) is 10.3 Å².